The predicted octanol–water partition coefficient (Wildman–Crippen LogP) is 1.77. The highest BCUT2D eigenvalue weighted by atomic mass is 16.3. The number of carbonyl (C=O) groups excluding carboxylic acids is 1. The summed E-state index contributed by atoms with van der Waals surface area (Å²) in [6.07, 6.45) is 3.53. The summed E-state index contributed by atoms with van der Waals surface area (Å²) in [6, 6.07) is 10.6. The molecule has 0 spiro atoms. The molecule has 0 radical (unpaired) electrons. The minimum absolute atomic E-state index is 0.0537. The Morgan fingerprint density at radius 2 is 2.04 bits per heavy atom. The normalized spacial score (nSPS) is 12.7. The van der Waals surface area contributed by atoms with Gasteiger partial charge in [-0.15, -0.1) is 0 Å². The standard InChI is InChI=1S/C18H26N4O2/c1-14(18(2,3)15-7-5-4-6-8-15)21-16-11-20-22(12-16)13-17(24)19-9-10-23/h4-8,11-12,14,21,23H,9-10,13H2,1-3H3,(H,19,24). The first-order chi connectivity index (χ1) is 11.4. The Hall–Kier alpha value is -2.34. The van der Waals surface area contributed by atoms with Crippen molar-refractivity contribution in [2.75, 3.05) is 18.5 Å². The van der Waals surface area contributed by atoms with E-state index in [0.29, 0.717) is 0 Å². The van der Waals surface area contributed by atoms with Gasteiger partial charge in [-0.3, -0.25) is 9.48 Å². The van der Waals surface area contributed by atoms with E-state index < -0.39 is 0 Å². The number of carbonyl (C=O) groups is 1. The van der Waals surface area contributed by atoms with E-state index in [0.717, 1.165) is 5.69 Å². The number of aromatic nitrogens is 2. The van der Waals surface area contributed by atoms with Crippen molar-refractivity contribution in [1.29, 1.82) is 0 Å². The van der Waals surface area contributed by atoms with Gasteiger partial charge in [-0.2, -0.15) is 5.10 Å². The molecule has 1 heterocycles. The van der Waals surface area contributed by atoms with Crippen LogP contribution in [0, 0.1) is 0 Å². The van der Waals surface area contributed by atoms with E-state index in [1.54, 1.807) is 10.9 Å². The summed E-state index contributed by atoms with van der Waals surface area (Å²) in [5.41, 5.74) is 2.09. The number of anilines is 1. The van der Waals surface area contributed by atoms with Crippen molar-refractivity contribution in [2.24, 2.45) is 0 Å². The number of aliphatic hydroxyl groups excluding tert-OH is 1. The molecule has 3 N–H and O–H groups in total. The van der Waals surface area contributed by atoms with E-state index in [-0.39, 0.29) is 37.1 Å². The summed E-state index contributed by atoms with van der Waals surface area (Å²) in [7, 11) is 0. The summed E-state index contributed by atoms with van der Waals surface area (Å²) in [5.74, 6) is -0.170. The van der Waals surface area contributed by atoms with Gasteiger partial charge in [0.1, 0.15) is 6.54 Å². The molecule has 0 fully saturated rings. The van der Waals surface area contributed by atoms with Crippen LogP contribution in [0.5, 0.6) is 0 Å². The zero-order chi connectivity index (χ0) is 17.6. The molecule has 1 unspecified atom stereocenters. The lowest BCUT2D eigenvalue weighted by atomic mass is 9.78. The molecule has 0 aliphatic heterocycles. The molecule has 6 heteroatoms. The Morgan fingerprint density at radius 3 is 2.71 bits per heavy atom. The van der Waals surface area contributed by atoms with Gasteiger partial charge in [0.2, 0.25) is 5.91 Å². The van der Waals surface area contributed by atoms with E-state index in [2.05, 4.69) is 48.6 Å². The van der Waals surface area contributed by atoms with Gasteiger partial charge < -0.3 is 15.7 Å². The second-order valence-corrected chi connectivity index (χ2v) is 6.45. The topological polar surface area (TPSA) is 79.2 Å². The zero-order valence-electron chi connectivity index (χ0n) is 14.5. The van der Waals surface area contributed by atoms with Crippen LogP contribution in [0.3, 0.4) is 0 Å². The molecule has 1 amide bonds. The highest BCUT2D eigenvalue weighted by Crippen LogP contribution is 2.28. The highest BCUT2D eigenvalue weighted by molar-refractivity contribution is 5.75. The molecule has 0 saturated heterocycles. The van der Waals surface area contributed by atoms with Crippen LogP contribution in [-0.2, 0) is 16.8 Å². The van der Waals surface area contributed by atoms with Crippen molar-refractivity contribution < 1.29 is 9.90 Å². The molecule has 2 rings (SSSR count). The first-order valence-electron chi connectivity index (χ1n) is 8.15. The number of aliphatic hydroxyl groups is 1. The number of hydrogen-bond acceptors (Lipinski definition) is 4. The van der Waals surface area contributed by atoms with E-state index in [1.165, 1.54) is 5.56 Å². The second kappa shape index (κ2) is 7.97. The second-order valence-electron chi connectivity index (χ2n) is 6.45. The van der Waals surface area contributed by atoms with Crippen LogP contribution >= 0.6 is 0 Å². The summed E-state index contributed by atoms with van der Waals surface area (Å²) >= 11 is 0. The summed E-state index contributed by atoms with van der Waals surface area (Å²) < 4.78 is 1.58. The lowest BCUT2D eigenvalue weighted by molar-refractivity contribution is -0.122. The largest absolute Gasteiger partial charge is 0.395 e. The van der Waals surface area contributed by atoms with Crippen LogP contribution < -0.4 is 10.6 Å². The molecule has 0 aliphatic rings. The summed E-state index contributed by atoms with van der Waals surface area (Å²) in [5, 5.41) is 19.0. The van der Waals surface area contributed by atoms with Crippen LogP contribution in [0.1, 0.15) is 26.3 Å². The van der Waals surface area contributed by atoms with Gasteiger partial charge >= 0.3 is 0 Å². The Kier molecular flexibility index (Phi) is 5.98. The molecule has 0 saturated carbocycles. The van der Waals surface area contributed by atoms with Gasteiger partial charge in [0, 0.05) is 24.2 Å². The third-order valence-electron chi connectivity index (χ3n) is 4.36. The average Bonchev–Trinajstić information content (AvgIpc) is 3.00. The molecule has 0 aliphatic carbocycles. The van der Waals surface area contributed by atoms with Crippen molar-refractivity contribution in [2.45, 2.75) is 38.8 Å². The number of hydrogen-bond donors (Lipinski definition) is 3. The van der Waals surface area contributed by atoms with E-state index in [1.807, 2.05) is 24.4 Å². The first-order valence-corrected chi connectivity index (χ1v) is 8.15. The highest BCUT2D eigenvalue weighted by Gasteiger charge is 2.28. The maximum Gasteiger partial charge on any atom is 0.241 e. The van der Waals surface area contributed by atoms with E-state index in [9.17, 15) is 4.79 Å². The SMILES string of the molecule is CC(Nc1cnn(CC(=O)NCCO)c1)C(C)(C)c1ccccc1. The monoisotopic (exact) mass is 330 g/mol. The van der Waals surface area contributed by atoms with Crippen molar-refractivity contribution >= 4 is 11.6 Å². The minimum atomic E-state index is -0.170. The third-order valence-corrected chi connectivity index (χ3v) is 4.36. The van der Waals surface area contributed by atoms with Crippen LogP contribution in [-0.4, -0.2) is 40.0 Å². The molecule has 1 aromatic heterocycles. The van der Waals surface area contributed by atoms with Gasteiger partial charge in [0.05, 0.1) is 18.5 Å². The fourth-order valence-corrected chi connectivity index (χ4v) is 2.47. The maximum absolute atomic E-state index is 11.6. The molecule has 6 nitrogen and oxygen atoms in total. The van der Waals surface area contributed by atoms with Crippen LogP contribution in [0.2, 0.25) is 0 Å². The molecule has 0 bridgehead atoms. The number of benzene rings is 1. The zero-order valence-corrected chi connectivity index (χ0v) is 14.5. The van der Waals surface area contributed by atoms with Gasteiger partial charge in [-0.25, -0.2) is 0 Å². The number of amides is 1. The Balaban J connectivity index is 1.97. The number of nitrogens with zero attached hydrogens (tertiary/aromatic N) is 2. The van der Waals surface area contributed by atoms with Crippen molar-refractivity contribution in [1.82, 2.24) is 15.1 Å². The predicted molar refractivity (Wildman–Crippen MR) is 94.9 cm³/mol. The van der Waals surface area contributed by atoms with Crippen molar-refractivity contribution in [3.8, 4) is 0 Å². The van der Waals surface area contributed by atoms with Gasteiger partial charge in [-0.05, 0) is 12.5 Å². The minimum Gasteiger partial charge on any atom is -0.395 e. The lowest BCUT2D eigenvalue weighted by Gasteiger charge is -2.33. The summed E-state index contributed by atoms with van der Waals surface area (Å²) in [4.78, 5) is 11.6. The van der Waals surface area contributed by atoms with Crippen molar-refractivity contribution in [3.63, 3.8) is 0 Å². The Bertz CT molecular complexity index is 652. The van der Waals surface area contributed by atoms with Crippen molar-refractivity contribution in [3.05, 3.63) is 48.3 Å². The van der Waals surface area contributed by atoms with Gasteiger partial charge in [0.15, 0.2) is 0 Å². The third kappa shape index (κ3) is 4.58. The first kappa shape index (κ1) is 18.0. The van der Waals surface area contributed by atoms with E-state index >= 15 is 0 Å². The average molecular weight is 330 g/mol. The van der Waals surface area contributed by atoms with Gasteiger partial charge in [-0.1, -0.05) is 44.2 Å². The Labute approximate surface area is 142 Å². The Morgan fingerprint density at radius 1 is 1.33 bits per heavy atom. The lowest BCUT2D eigenvalue weighted by Crippen LogP contribution is -2.37. The van der Waals surface area contributed by atoms with Crippen LogP contribution in [0.15, 0.2) is 42.7 Å². The van der Waals surface area contributed by atoms with E-state index in [4.69, 9.17) is 5.11 Å². The van der Waals surface area contributed by atoms with Crippen LogP contribution in [0.4, 0.5) is 5.69 Å². The smallest absolute Gasteiger partial charge is 0.241 e. The molecule has 24 heavy (non-hydrogen) atoms. The van der Waals surface area contributed by atoms with Crippen LogP contribution in [0.25, 0.3) is 0 Å². The fraction of sp³-hybridized carbons (Fsp3) is 0.444. The maximum atomic E-state index is 11.6. The fourth-order valence-electron chi connectivity index (χ4n) is 2.47. The van der Waals surface area contributed by atoms with Gasteiger partial charge in [0.25, 0.3) is 0 Å². The number of rotatable bonds is 8. The molecular formula is C18H26N4O2. The molecular weight excluding hydrogens is 304 g/mol. The molecule has 2 aromatic rings. The quantitative estimate of drug-likeness (QED) is 0.689. The molecule has 1 aromatic carbocycles. The summed E-state index contributed by atoms with van der Waals surface area (Å²) in [6.45, 7) is 6.87. The molecule has 130 valence electrons. The molecule has 1 atom stereocenters. The number of nitrogens with one attached hydrogen (secondary N) is 2.